The molecule has 4 nitrogen and oxygen atoms in total. The minimum atomic E-state index is -0.787. The zero-order chi connectivity index (χ0) is 17.9. The number of fused-ring (bicyclic) bond motifs is 1. The largest absolute Gasteiger partial charge is 0.493 e. The van der Waals surface area contributed by atoms with Crippen LogP contribution < -0.4 is 4.74 Å². The Hall–Kier alpha value is -2.88. The van der Waals surface area contributed by atoms with Gasteiger partial charge in [-0.2, -0.15) is 0 Å². The number of carboxylic acids is 1. The molecule has 1 aromatic heterocycles. The van der Waals surface area contributed by atoms with Crippen LogP contribution in [0.25, 0.3) is 22.2 Å². The highest BCUT2D eigenvalue weighted by atomic mass is 16.5. The SMILES string of the molecule is O=C(O)CCc1cc(-c2ccc(OCC3CC3)cc2)nc2ccccc12. The van der Waals surface area contributed by atoms with Crippen LogP contribution in [-0.4, -0.2) is 22.7 Å². The van der Waals surface area contributed by atoms with Crippen molar-refractivity contribution in [3.63, 3.8) is 0 Å². The van der Waals surface area contributed by atoms with Gasteiger partial charge in [0, 0.05) is 17.4 Å². The Morgan fingerprint density at radius 1 is 1.12 bits per heavy atom. The summed E-state index contributed by atoms with van der Waals surface area (Å²) >= 11 is 0. The summed E-state index contributed by atoms with van der Waals surface area (Å²) in [6, 6.07) is 17.9. The maximum atomic E-state index is 11.0. The molecule has 2 aromatic carbocycles. The van der Waals surface area contributed by atoms with Gasteiger partial charge in [-0.05, 0) is 67.1 Å². The summed E-state index contributed by atoms with van der Waals surface area (Å²) in [7, 11) is 0. The molecule has 0 unspecified atom stereocenters. The van der Waals surface area contributed by atoms with Gasteiger partial charge in [0.2, 0.25) is 0 Å². The van der Waals surface area contributed by atoms with Gasteiger partial charge in [0.15, 0.2) is 0 Å². The zero-order valence-electron chi connectivity index (χ0n) is 14.5. The Bertz CT molecular complexity index is 930. The quantitative estimate of drug-likeness (QED) is 0.672. The van der Waals surface area contributed by atoms with Crippen molar-refractivity contribution in [3.05, 3.63) is 60.2 Å². The Balaban J connectivity index is 1.63. The molecular weight excluding hydrogens is 326 g/mol. The van der Waals surface area contributed by atoms with Gasteiger partial charge in [-0.25, -0.2) is 4.98 Å². The summed E-state index contributed by atoms with van der Waals surface area (Å²) in [5.74, 6) is 0.825. The van der Waals surface area contributed by atoms with E-state index in [1.54, 1.807) is 0 Å². The summed E-state index contributed by atoms with van der Waals surface area (Å²) in [6.07, 6.45) is 3.16. The molecule has 0 aliphatic heterocycles. The molecular formula is C22H21NO3. The van der Waals surface area contributed by atoms with E-state index in [2.05, 4.69) is 0 Å². The third kappa shape index (κ3) is 3.85. The average Bonchev–Trinajstić information content (AvgIpc) is 3.49. The van der Waals surface area contributed by atoms with Crippen LogP contribution in [0.1, 0.15) is 24.8 Å². The van der Waals surface area contributed by atoms with Gasteiger partial charge in [-0.1, -0.05) is 18.2 Å². The smallest absolute Gasteiger partial charge is 0.303 e. The minimum absolute atomic E-state index is 0.112. The number of hydrogen-bond donors (Lipinski definition) is 1. The summed E-state index contributed by atoms with van der Waals surface area (Å²) in [5, 5.41) is 10.0. The number of para-hydroxylation sites is 1. The molecule has 4 rings (SSSR count). The highest BCUT2D eigenvalue weighted by Gasteiger charge is 2.21. The normalized spacial score (nSPS) is 13.7. The molecule has 3 aromatic rings. The van der Waals surface area contributed by atoms with E-state index in [0.29, 0.717) is 6.42 Å². The fraction of sp³-hybridized carbons (Fsp3) is 0.273. The van der Waals surface area contributed by atoms with Crippen molar-refractivity contribution in [1.29, 1.82) is 0 Å². The molecule has 1 heterocycles. The fourth-order valence-corrected chi connectivity index (χ4v) is 3.06. The molecule has 26 heavy (non-hydrogen) atoms. The van der Waals surface area contributed by atoms with Gasteiger partial charge in [0.1, 0.15) is 5.75 Å². The number of carboxylic acid groups (broad SMARTS) is 1. The van der Waals surface area contributed by atoms with Crippen LogP contribution in [0.4, 0.5) is 0 Å². The molecule has 0 bridgehead atoms. The van der Waals surface area contributed by atoms with Gasteiger partial charge in [0.25, 0.3) is 0 Å². The number of aryl methyl sites for hydroxylation is 1. The standard InChI is InChI=1S/C22H21NO3/c24-22(25)12-9-17-13-21(23-20-4-2-1-3-19(17)20)16-7-10-18(11-8-16)26-14-15-5-6-15/h1-4,7-8,10-11,13,15H,5-6,9,12,14H2,(H,24,25). The average molecular weight is 347 g/mol. The van der Waals surface area contributed by atoms with E-state index in [4.69, 9.17) is 14.8 Å². The second-order valence-electron chi connectivity index (χ2n) is 6.86. The fourth-order valence-electron chi connectivity index (χ4n) is 3.06. The van der Waals surface area contributed by atoms with Crippen LogP contribution in [-0.2, 0) is 11.2 Å². The van der Waals surface area contributed by atoms with Crippen molar-refractivity contribution in [1.82, 2.24) is 4.98 Å². The maximum absolute atomic E-state index is 11.0. The molecule has 1 aliphatic rings. The van der Waals surface area contributed by atoms with E-state index in [1.165, 1.54) is 12.8 Å². The molecule has 1 aliphatic carbocycles. The number of aliphatic carboxylic acids is 1. The lowest BCUT2D eigenvalue weighted by molar-refractivity contribution is -0.136. The number of ether oxygens (including phenoxy) is 1. The van der Waals surface area contributed by atoms with Crippen molar-refractivity contribution >= 4 is 16.9 Å². The molecule has 0 atom stereocenters. The highest BCUT2D eigenvalue weighted by molar-refractivity contribution is 5.85. The molecule has 0 radical (unpaired) electrons. The Morgan fingerprint density at radius 2 is 1.88 bits per heavy atom. The Labute approximate surface area is 152 Å². The van der Waals surface area contributed by atoms with Gasteiger partial charge >= 0.3 is 5.97 Å². The molecule has 1 saturated carbocycles. The van der Waals surface area contributed by atoms with E-state index >= 15 is 0 Å². The summed E-state index contributed by atoms with van der Waals surface area (Å²) in [4.78, 5) is 15.7. The topological polar surface area (TPSA) is 59.4 Å². The van der Waals surface area contributed by atoms with Gasteiger partial charge in [-0.15, -0.1) is 0 Å². The van der Waals surface area contributed by atoms with Crippen LogP contribution in [0.3, 0.4) is 0 Å². The summed E-state index contributed by atoms with van der Waals surface area (Å²) < 4.78 is 5.79. The summed E-state index contributed by atoms with van der Waals surface area (Å²) in [6.45, 7) is 0.799. The Kier molecular flexibility index (Phi) is 4.57. The van der Waals surface area contributed by atoms with Gasteiger partial charge in [-0.3, -0.25) is 4.79 Å². The number of aromatic nitrogens is 1. The van der Waals surface area contributed by atoms with Crippen molar-refractivity contribution in [2.75, 3.05) is 6.61 Å². The lowest BCUT2D eigenvalue weighted by Crippen LogP contribution is -2.00. The molecule has 4 heteroatoms. The number of carbonyl (C=O) groups is 1. The van der Waals surface area contributed by atoms with Crippen LogP contribution in [0.15, 0.2) is 54.6 Å². The van der Waals surface area contributed by atoms with Gasteiger partial charge in [0.05, 0.1) is 17.8 Å². The Morgan fingerprint density at radius 3 is 2.62 bits per heavy atom. The van der Waals surface area contributed by atoms with Crippen LogP contribution in [0.2, 0.25) is 0 Å². The first kappa shape index (κ1) is 16.6. The first-order valence-corrected chi connectivity index (χ1v) is 9.03. The second kappa shape index (κ2) is 7.16. The van der Waals surface area contributed by atoms with E-state index in [9.17, 15) is 4.79 Å². The molecule has 0 saturated heterocycles. The van der Waals surface area contributed by atoms with Crippen molar-refractivity contribution < 1.29 is 14.6 Å². The molecule has 0 amide bonds. The number of pyridine rings is 1. The zero-order valence-corrected chi connectivity index (χ0v) is 14.5. The van der Waals surface area contributed by atoms with E-state index in [-0.39, 0.29) is 6.42 Å². The third-order valence-corrected chi connectivity index (χ3v) is 4.74. The first-order valence-electron chi connectivity index (χ1n) is 9.03. The minimum Gasteiger partial charge on any atom is -0.493 e. The molecule has 132 valence electrons. The second-order valence-corrected chi connectivity index (χ2v) is 6.86. The van der Waals surface area contributed by atoms with E-state index in [1.807, 2.05) is 54.6 Å². The maximum Gasteiger partial charge on any atom is 0.303 e. The molecule has 0 spiro atoms. The first-order chi connectivity index (χ1) is 12.7. The van der Waals surface area contributed by atoms with E-state index < -0.39 is 5.97 Å². The van der Waals surface area contributed by atoms with Crippen molar-refractivity contribution in [2.45, 2.75) is 25.7 Å². The van der Waals surface area contributed by atoms with E-state index in [0.717, 1.165) is 46.0 Å². The van der Waals surface area contributed by atoms with Crippen LogP contribution in [0.5, 0.6) is 5.75 Å². The van der Waals surface area contributed by atoms with Crippen molar-refractivity contribution in [2.24, 2.45) is 5.92 Å². The third-order valence-electron chi connectivity index (χ3n) is 4.74. The summed E-state index contributed by atoms with van der Waals surface area (Å²) in [5.41, 5.74) is 3.77. The predicted molar refractivity (Wildman–Crippen MR) is 101 cm³/mol. The van der Waals surface area contributed by atoms with Crippen molar-refractivity contribution in [3.8, 4) is 17.0 Å². The molecule has 1 N–H and O–H groups in total. The lowest BCUT2D eigenvalue weighted by atomic mass is 10.0. The highest BCUT2D eigenvalue weighted by Crippen LogP contribution is 2.30. The predicted octanol–water partition coefficient (Wildman–Crippen LogP) is 4.71. The number of nitrogens with zero attached hydrogens (tertiary/aromatic N) is 1. The van der Waals surface area contributed by atoms with Gasteiger partial charge < -0.3 is 9.84 Å². The number of hydrogen-bond acceptors (Lipinski definition) is 3. The van der Waals surface area contributed by atoms with Crippen LogP contribution in [0, 0.1) is 5.92 Å². The van der Waals surface area contributed by atoms with Crippen LogP contribution >= 0.6 is 0 Å². The molecule has 1 fully saturated rings. The number of rotatable bonds is 7. The lowest BCUT2D eigenvalue weighted by Gasteiger charge is -2.10. The monoisotopic (exact) mass is 347 g/mol. The number of benzene rings is 2.